The van der Waals surface area contributed by atoms with Crippen molar-refractivity contribution in [2.75, 3.05) is 24.3 Å². The lowest BCUT2D eigenvalue weighted by Gasteiger charge is -2.12. The van der Waals surface area contributed by atoms with Crippen LogP contribution in [-0.4, -0.2) is 29.8 Å². The van der Waals surface area contributed by atoms with E-state index in [0.717, 1.165) is 17.1 Å². The maximum Gasteiger partial charge on any atom is 0.259 e. The number of aromatic nitrogens is 2. The molecule has 0 saturated carbocycles. The van der Waals surface area contributed by atoms with Gasteiger partial charge in [-0.15, -0.1) is 0 Å². The molecule has 2 aromatic rings. The highest BCUT2D eigenvalue weighted by Gasteiger charge is 2.12. The molecule has 1 N–H and O–H groups in total. The fraction of sp³-hybridized carbons (Fsp3) is 0.286. The number of amides is 1. The van der Waals surface area contributed by atoms with Crippen molar-refractivity contribution in [3.8, 4) is 0 Å². The molecule has 5 nitrogen and oxygen atoms in total. The van der Waals surface area contributed by atoms with E-state index in [1.807, 2.05) is 50.2 Å². The lowest BCUT2D eigenvalue weighted by Crippen LogP contribution is -2.13. The SMILES string of the molecule is Cc1nn(C)cc1C(=O)Nc1ccc(N(C)C)cc1. The smallest absolute Gasteiger partial charge is 0.259 e. The molecule has 0 aliphatic heterocycles. The molecular weight excluding hydrogens is 240 g/mol. The van der Waals surface area contributed by atoms with Gasteiger partial charge in [0.2, 0.25) is 0 Å². The summed E-state index contributed by atoms with van der Waals surface area (Å²) in [6.07, 6.45) is 1.72. The predicted molar refractivity (Wildman–Crippen MR) is 76.7 cm³/mol. The molecule has 0 fully saturated rings. The van der Waals surface area contributed by atoms with Gasteiger partial charge in [0, 0.05) is 38.7 Å². The molecule has 19 heavy (non-hydrogen) atoms. The summed E-state index contributed by atoms with van der Waals surface area (Å²) >= 11 is 0. The number of carbonyl (C=O) groups excluding carboxylic acids is 1. The van der Waals surface area contributed by atoms with Gasteiger partial charge in [0.1, 0.15) is 0 Å². The standard InChI is InChI=1S/C14H18N4O/c1-10-13(9-18(4)16-10)14(19)15-11-5-7-12(8-6-11)17(2)3/h5-9H,1-4H3,(H,15,19). The van der Waals surface area contributed by atoms with Crippen LogP contribution in [0.5, 0.6) is 0 Å². The first-order chi connectivity index (χ1) is 8.97. The van der Waals surface area contributed by atoms with Crippen LogP contribution in [0.15, 0.2) is 30.5 Å². The molecule has 1 aromatic heterocycles. The van der Waals surface area contributed by atoms with Gasteiger partial charge >= 0.3 is 0 Å². The third kappa shape index (κ3) is 2.93. The maximum atomic E-state index is 12.1. The summed E-state index contributed by atoms with van der Waals surface area (Å²) in [5, 5.41) is 7.03. The summed E-state index contributed by atoms with van der Waals surface area (Å²) in [4.78, 5) is 14.1. The van der Waals surface area contributed by atoms with Crippen molar-refractivity contribution in [3.63, 3.8) is 0 Å². The molecule has 0 aliphatic rings. The van der Waals surface area contributed by atoms with Gasteiger partial charge < -0.3 is 10.2 Å². The molecule has 0 bridgehead atoms. The van der Waals surface area contributed by atoms with Crippen LogP contribution in [0.4, 0.5) is 11.4 Å². The zero-order valence-corrected chi connectivity index (χ0v) is 11.6. The predicted octanol–water partition coefficient (Wildman–Crippen LogP) is 2.05. The average molecular weight is 258 g/mol. The van der Waals surface area contributed by atoms with Crippen molar-refractivity contribution in [1.82, 2.24) is 9.78 Å². The van der Waals surface area contributed by atoms with Gasteiger partial charge in [-0.3, -0.25) is 9.48 Å². The minimum absolute atomic E-state index is 0.136. The lowest BCUT2D eigenvalue weighted by molar-refractivity contribution is 0.102. The minimum atomic E-state index is -0.136. The van der Waals surface area contributed by atoms with E-state index < -0.39 is 0 Å². The number of hydrogen-bond acceptors (Lipinski definition) is 3. The van der Waals surface area contributed by atoms with Gasteiger partial charge in [0.25, 0.3) is 5.91 Å². The maximum absolute atomic E-state index is 12.1. The molecule has 0 saturated heterocycles. The van der Waals surface area contributed by atoms with Crippen LogP contribution in [0.2, 0.25) is 0 Å². The van der Waals surface area contributed by atoms with Crippen molar-refractivity contribution in [1.29, 1.82) is 0 Å². The van der Waals surface area contributed by atoms with E-state index in [-0.39, 0.29) is 5.91 Å². The number of aryl methyl sites for hydroxylation is 2. The largest absolute Gasteiger partial charge is 0.378 e. The van der Waals surface area contributed by atoms with Gasteiger partial charge in [0.15, 0.2) is 0 Å². The van der Waals surface area contributed by atoms with E-state index in [1.54, 1.807) is 17.9 Å². The van der Waals surface area contributed by atoms with E-state index >= 15 is 0 Å². The van der Waals surface area contributed by atoms with Gasteiger partial charge in [-0.05, 0) is 31.2 Å². The highest BCUT2D eigenvalue weighted by molar-refractivity contribution is 6.04. The first-order valence-corrected chi connectivity index (χ1v) is 6.06. The number of hydrogen-bond donors (Lipinski definition) is 1. The summed E-state index contributed by atoms with van der Waals surface area (Å²) in [5.74, 6) is -0.136. The molecule has 0 atom stereocenters. The van der Waals surface area contributed by atoms with E-state index in [4.69, 9.17) is 0 Å². The molecule has 0 aliphatic carbocycles. The van der Waals surface area contributed by atoms with Crippen molar-refractivity contribution >= 4 is 17.3 Å². The summed E-state index contributed by atoms with van der Waals surface area (Å²) in [5.41, 5.74) is 3.19. The average Bonchev–Trinajstić information content (AvgIpc) is 2.69. The molecule has 1 aromatic carbocycles. The van der Waals surface area contributed by atoms with E-state index in [0.29, 0.717) is 5.56 Å². The molecule has 0 unspecified atom stereocenters. The molecular formula is C14H18N4O. The monoisotopic (exact) mass is 258 g/mol. The topological polar surface area (TPSA) is 50.2 Å². The van der Waals surface area contributed by atoms with Crippen molar-refractivity contribution in [2.24, 2.45) is 7.05 Å². The Bertz CT molecular complexity index is 584. The van der Waals surface area contributed by atoms with Crippen LogP contribution in [-0.2, 0) is 7.05 Å². The molecule has 1 amide bonds. The summed E-state index contributed by atoms with van der Waals surface area (Å²) in [6, 6.07) is 7.70. The van der Waals surface area contributed by atoms with Crippen LogP contribution < -0.4 is 10.2 Å². The van der Waals surface area contributed by atoms with Gasteiger partial charge in [-0.25, -0.2) is 0 Å². The van der Waals surface area contributed by atoms with Crippen molar-refractivity contribution in [2.45, 2.75) is 6.92 Å². The van der Waals surface area contributed by atoms with E-state index in [2.05, 4.69) is 10.4 Å². The number of nitrogens with one attached hydrogen (secondary N) is 1. The second-order valence-corrected chi connectivity index (χ2v) is 4.70. The minimum Gasteiger partial charge on any atom is -0.378 e. The Balaban J connectivity index is 2.13. The normalized spacial score (nSPS) is 10.3. The van der Waals surface area contributed by atoms with Gasteiger partial charge in [-0.2, -0.15) is 5.10 Å². The highest BCUT2D eigenvalue weighted by atomic mass is 16.1. The van der Waals surface area contributed by atoms with Crippen LogP contribution in [0, 0.1) is 6.92 Å². The molecule has 2 rings (SSSR count). The van der Waals surface area contributed by atoms with Crippen LogP contribution in [0.3, 0.4) is 0 Å². The Morgan fingerprint density at radius 2 is 1.89 bits per heavy atom. The van der Waals surface area contributed by atoms with Gasteiger partial charge in [0.05, 0.1) is 11.3 Å². The molecule has 100 valence electrons. The number of benzene rings is 1. The number of carbonyl (C=O) groups is 1. The quantitative estimate of drug-likeness (QED) is 0.916. The van der Waals surface area contributed by atoms with E-state index in [9.17, 15) is 4.79 Å². The summed E-state index contributed by atoms with van der Waals surface area (Å²) < 4.78 is 1.64. The molecule has 0 radical (unpaired) electrons. The fourth-order valence-corrected chi connectivity index (χ4v) is 1.86. The van der Waals surface area contributed by atoms with Crippen molar-refractivity contribution in [3.05, 3.63) is 41.7 Å². The fourth-order valence-electron chi connectivity index (χ4n) is 1.86. The first-order valence-electron chi connectivity index (χ1n) is 6.06. The lowest BCUT2D eigenvalue weighted by atomic mass is 10.2. The zero-order chi connectivity index (χ0) is 14.0. The number of rotatable bonds is 3. The Morgan fingerprint density at radius 3 is 2.37 bits per heavy atom. The number of anilines is 2. The Labute approximate surface area is 112 Å². The van der Waals surface area contributed by atoms with E-state index in [1.165, 1.54) is 0 Å². The Morgan fingerprint density at radius 1 is 1.26 bits per heavy atom. The first kappa shape index (κ1) is 13.1. The van der Waals surface area contributed by atoms with Crippen molar-refractivity contribution < 1.29 is 4.79 Å². The summed E-state index contributed by atoms with van der Waals surface area (Å²) in [7, 11) is 5.76. The second kappa shape index (κ2) is 5.14. The highest BCUT2D eigenvalue weighted by Crippen LogP contribution is 2.17. The second-order valence-electron chi connectivity index (χ2n) is 4.70. The molecule has 5 heteroatoms. The molecule has 1 heterocycles. The molecule has 0 spiro atoms. The Kier molecular flexibility index (Phi) is 3.55. The third-order valence-electron chi connectivity index (χ3n) is 2.90. The summed E-state index contributed by atoms with van der Waals surface area (Å²) in [6.45, 7) is 1.82. The van der Waals surface area contributed by atoms with Crippen LogP contribution in [0.25, 0.3) is 0 Å². The van der Waals surface area contributed by atoms with Gasteiger partial charge in [-0.1, -0.05) is 0 Å². The Hall–Kier alpha value is -2.30. The third-order valence-corrected chi connectivity index (χ3v) is 2.90. The van der Waals surface area contributed by atoms with Crippen LogP contribution >= 0.6 is 0 Å². The zero-order valence-electron chi connectivity index (χ0n) is 11.6. The number of nitrogens with zero attached hydrogens (tertiary/aromatic N) is 3. The van der Waals surface area contributed by atoms with Crippen LogP contribution in [0.1, 0.15) is 16.1 Å².